The second-order valence-electron chi connectivity index (χ2n) is 14.7. The van der Waals surface area contributed by atoms with Crippen molar-refractivity contribution in [2.24, 2.45) is 5.92 Å². The van der Waals surface area contributed by atoms with Gasteiger partial charge in [0.05, 0.1) is 0 Å². The number of benzene rings is 5. The third-order valence-electron chi connectivity index (χ3n) is 10.2. The molecule has 53 heavy (non-hydrogen) atoms. The topological polar surface area (TPSA) is 25.8 Å². The Balaban J connectivity index is 0.000000201. The van der Waals surface area contributed by atoms with E-state index in [1.54, 1.807) is 23.6 Å². The molecule has 1 saturated carbocycles. The molecule has 0 amide bonds. The predicted octanol–water partition coefficient (Wildman–Crippen LogP) is 13.1. The first-order chi connectivity index (χ1) is 26.9. The maximum atomic E-state index is 9.23. The van der Waals surface area contributed by atoms with E-state index in [4.69, 9.17) is 4.11 Å². The van der Waals surface area contributed by atoms with Crippen LogP contribution in [0.1, 0.15) is 49.5 Å². The van der Waals surface area contributed by atoms with Crippen molar-refractivity contribution in [3.63, 3.8) is 0 Å². The number of pyridine rings is 2. The molecule has 1 fully saturated rings. The van der Waals surface area contributed by atoms with Gasteiger partial charge in [0.2, 0.25) is 0 Å². The molecule has 267 valence electrons. The molecule has 3 aromatic heterocycles. The van der Waals surface area contributed by atoms with Gasteiger partial charge in [-0.15, -0.1) is 23.8 Å². The van der Waals surface area contributed by atoms with Gasteiger partial charge >= 0.3 is 123 Å². The van der Waals surface area contributed by atoms with Crippen molar-refractivity contribution < 1.29 is 25.6 Å². The van der Waals surface area contributed by atoms with Crippen LogP contribution in [0.25, 0.3) is 64.6 Å². The number of nitrogens with zero attached hydrogens (tertiary/aromatic N) is 2. The summed E-state index contributed by atoms with van der Waals surface area (Å²) in [6, 6.07) is 48.0. The van der Waals surface area contributed by atoms with E-state index in [0.29, 0.717) is 11.3 Å². The Labute approximate surface area is 340 Å². The van der Waals surface area contributed by atoms with Gasteiger partial charge in [0, 0.05) is 36.5 Å². The summed E-state index contributed by atoms with van der Waals surface area (Å²) in [5.74, 6) is 5.35. The van der Waals surface area contributed by atoms with E-state index in [1.807, 2.05) is 36.4 Å². The molecular weight excluding hydrogens is 901 g/mol. The summed E-state index contributed by atoms with van der Waals surface area (Å²) in [6.07, 6.45) is 7.24. The molecule has 8 aromatic rings. The molecule has 0 spiro atoms. The Bertz CT molecular complexity index is 2640. The maximum Gasteiger partial charge on any atom is 0 e. The quantitative estimate of drug-likeness (QED) is 0.123. The summed E-state index contributed by atoms with van der Waals surface area (Å²) in [5.41, 5.74) is 6.52. The summed E-state index contributed by atoms with van der Waals surface area (Å²) in [5, 5.41) is 4.77. The molecule has 9 rings (SSSR count). The molecule has 0 saturated heterocycles. The van der Waals surface area contributed by atoms with E-state index in [9.17, 15) is 1.37 Å². The Hall–Kier alpha value is -3.93. The summed E-state index contributed by atoms with van der Waals surface area (Å²) in [6.45, 7) is -2.41. The van der Waals surface area contributed by atoms with Gasteiger partial charge in [-0.1, -0.05) is 79.2 Å². The zero-order valence-corrected chi connectivity index (χ0v) is 35.6. The van der Waals surface area contributed by atoms with Crippen molar-refractivity contribution >= 4 is 59.9 Å². The van der Waals surface area contributed by atoms with Crippen LogP contribution in [0.15, 0.2) is 134 Å². The van der Waals surface area contributed by atoms with Gasteiger partial charge in [-0.3, -0.25) is 0 Å². The fourth-order valence-corrected chi connectivity index (χ4v) is 10.7. The third-order valence-corrected chi connectivity index (χ3v) is 15.7. The fourth-order valence-electron chi connectivity index (χ4n) is 7.29. The summed E-state index contributed by atoms with van der Waals surface area (Å²) >= 11 is -0.0724. The Morgan fingerprint density at radius 3 is 2.28 bits per heavy atom. The number of thiophene rings is 1. The van der Waals surface area contributed by atoms with Crippen LogP contribution in [-0.4, -0.2) is 23.2 Å². The van der Waals surface area contributed by atoms with E-state index < -0.39 is 26.0 Å². The van der Waals surface area contributed by atoms with Gasteiger partial charge < -0.3 is 4.98 Å². The smallest absolute Gasteiger partial charge is 0 e. The largest absolute Gasteiger partial charge is 0 e. The summed E-state index contributed by atoms with van der Waals surface area (Å²) < 4.78 is 37.8. The second kappa shape index (κ2) is 16.2. The van der Waals surface area contributed by atoms with Crippen LogP contribution >= 0.6 is 11.3 Å². The minimum Gasteiger partial charge on any atom is 0 e. The molecule has 5 aromatic carbocycles. The zero-order valence-electron chi connectivity index (χ0n) is 34.2. The van der Waals surface area contributed by atoms with Crippen molar-refractivity contribution in [2.75, 3.05) is 0 Å². The second-order valence-corrected chi connectivity index (χ2v) is 26.4. The van der Waals surface area contributed by atoms with Crippen LogP contribution in [0, 0.1) is 18.1 Å². The van der Waals surface area contributed by atoms with Gasteiger partial charge in [0.1, 0.15) is 0 Å². The third kappa shape index (κ3) is 7.98. The van der Waals surface area contributed by atoms with Crippen molar-refractivity contribution in [1.29, 1.82) is 0 Å². The summed E-state index contributed by atoms with van der Waals surface area (Å²) in [7, 11) is 0. The number of rotatable bonds is 6. The number of hydrogen-bond acceptors (Lipinski definition) is 3. The van der Waals surface area contributed by atoms with Crippen molar-refractivity contribution in [1.82, 2.24) is 9.97 Å². The SMILES string of the molecule is [2H]C([2H])([2H])C([2H])(c1ccnc(-c2[c-]ccc3c2sc2cc(-c4ccccc4)ccc23)c1)C1CCCC1.[CH3][Ge]([CH3])([CH3])[c]1ccc(-c2[c-]ccc3ccccc23)nc1.[Ir]. The normalized spacial score (nSPS) is 15.8. The molecule has 1 atom stereocenters. The van der Waals surface area contributed by atoms with Crippen LogP contribution in [0.3, 0.4) is 0 Å². The molecule has 1 aliphatic rings. The van der Waals surface area contributed by atoms with Gasteiger partial charge in [0.25, 0.3) is 0 Å². The number of hydrogen-bond donors (Lipinski definition) is 0. The van der Waals surface area contributed by atoms with Crippen LogP contribution in [0.5, 0.6) is 0 Å². The molecule has 0 N–H and O–H groups in total. The van der Waals surface area contributed by atoms with E-state index in [1.165, 1.54) is 36.4 Å². The number of fused-ring (bicyclic) bond motifs is 4. The standard InChI is InChI=1S/C30H26NS.C18H18GeN.Ir/c1-20(21-8-5-6-9-21)23-16-17-31-28(18-23)27-13-7-12-26-25-15-14-24(19-29(25)32-30(26)27)22-10-3-2-4-11-22;1-19(2,3)15-11-12-18(20-13-15)17-10-6-8-14-7-4-5-9-16(14)17;/h2-4,7,10-12,14-21H,5-6,8-9H2,1H3;4-9,11-13H,1-3H3;/q2*-1;/i1D3,20D;;. The molecule has 1 unspecified atom stereocenters. The first kappa shape index (κ1) is 32.5. The average Bonchev–Trinajstić information content (AvgIpc) is 3.89. The van der Waals surface area contributed by atoms with E-state index in [2.05, 4.69) is 124 Å². The first-order valence-electron chi connectivity index (χ1n) is 20.2. The Morgan fingerprint density at radius 2 is 1.51 bits per heavy atom. The molecule has 1 aliphatic carbocycles. The minimum atomic E-state index is -2.41. The Kier molecular flexibility index (Phi) is 9.94. The van der Waals surface area contributed by atoms with Gasteiger partial charge in [0.15, 0.2) is 0 Å². The molecule has 0 bridgehead atoms. The monoisotopic (exact) mass is 951 g/mol. The average molecular weight is 950 g/mol. The minimum absolute atomic E-state index is 0. The van der Waals surface area contributed by atoms with E-state index >= 15 is 0 Å². The van der Waals surface area contributed by atoms with Crippen molar-refractivity contribution in [2.45, 2.75) is 55.7 Å². The molecule has 3 heterocycles. The fraction of sp³-hybridized carbons (Fsp3) is 0.208. The molecule has 5 heteroatoms. The van der Waals surface area contributed by atoms with E-state index in [0.717, 1.165) is 52.6 Å². The van der Waals surface area contributed by atoms with Crippen LogP contribution < -0.4 is 4.40 Å². The molecule has 0 aliphatic heterocycles. The maximum absolute atomic E-state index is 9.23. The van der Waals surface area contributed by atoms with Gasteiger partial charge in [-0.2, -0.15) is 11.3 Å². The van der Waals surface area contributed by atoms with Crippen molar-refractivity contribution in [3.8, 4) is 33.6 Å². The van der Waals surface area contributed by atoms with E-state index in [-0.39, 0.29) is 26.0 Å². The van der Waals surface area contributed by atoms with Crippen LogP contribution in [0.2, 0.25) is 17.3 Å². The molecule has 1 radical (unpaired) electrons. The Morgan fingerprint density at radius 1 is 0.736 bits per heavy atom. The predicted molar refractivity (Wildman–Crippen MR) is 226 cm³/mol. The van der Waals surface area contributed by atoms with Gasteiger partial charge in [-0.25, -0.2) is 0 Å². The number of aromatic nitrogens is 2. The summed E-state index contributed by atoms with van der Waals surface area (Å²) in [4.78, 5) is 9.31. The zero-order chi connectivity index (χ0) is 39.1. The molecule has 2 nitrogen and oxygen atoms in total. The van der Waals surface area contributed by atoms with Crippen LogP contribution in [-0.2, 0) is 20.1 Å². The van der Waals surface area contributed by atoms with Gasteiger partial charge in [-0.05, 0) is 63.7 Å². The molecular formula is C48H44GeIrN2S-2. The van der Waals surface area contributed by atoms with Crippen LogP contribution in [0.4, 0.5) is 0 Å². The first-order valence-corrected chi connectivity index (χ1v) is 26.3. The van der Waals surface area contributed by atoms with Crippen molar-refractivity contribution in [3.05, 3.63) is 151 Å².